The van der Waals surface area contributed by atoms with Gasteiger partial charge in [0.15, 0.2) is 0 Å². The number of aromatic nitrogens is 2. The van der Waals surface area contributed by atoms with Crippen LogP contribution in [0.15, 0.2) is 59.6 Å². The third kappa shape index (κ3) is 10.1. The largest absolute Gasteiger partial charge is 0.381 e. The second-order valence-corrected chi connectivity index (χ2v) is 14.1. The Morgan fingerprint density at radius 2 is 1.74 bits per heavy atom. The van der Waals surface area contributed by atoms with Gasteiger partial charge in [-0.05, 0) is 81.0 Å². The van der Waals surface area contributed by atoms with Crippen LogP contribution in [0.2, 0.25) is 5.02 Å². The third-order valence-corrected chi connectivity index (χ3v) is 10.4. The minimum Gasteiger partial charge on any atom is -0.381 e. The lowest BCUT2D eigenvalue weighted by Crippen LogP contribution is -2.38. The molecule has 0 atom stereocenters. The maximum atomic E-state index is 13.0. The molecule has 1 saturated heterocycles. The highest BCUT2D eigenvalue weighted by Crippen LogP contribution is 2.32. The van der Waals surface area contributed by atoms with Crippen LogP contribution in [0.5, 0.6) is 0 Å². The van der Waals surface area contributed by atoms with Gasteiger partial charge in [-0.1, -0.05) is 17.7 Å². The van der Waals surface area contributed by atoms with E-state index in [-0.39, 0.29) is 24.1 Å². The molecule has 0 spiro atoms. The van der Waals surface area contributed by atoms with Gasteiger partial charge in [0, 0.05) is 56.7 Å². The van der Waals surface area contributed by atoms with Crippen molar-refractivity contribution in [3.63, 3.8) is 0 Å². The Kier molecular flexibility index (Phi) is 12.4. The quantitative estimate of drug-likeness (QED) is 0.161. The number of halogens is 2. The zero-order valence-corrected chi connectivity index (χ0v) is 27.8. The van der Waals surface area contributed by atoms with Gasteiger partial charge in [0.1, 0.15) is 17.5 Å². The van der Waals surface area contributed by atoms with Gasteiger partial charge in [0.2, 0.25) is 10.0 Å². The van der Waals surface area contributed by atoms with Crippen molar-refractivity contribution in [2.75, 3.05) is 56.7 Å². The van der Waals surface area contributed by atoms with E-state index in [2.05, 4.69) is 31.7 Å². The molecule has 14 heteroatoms. The lowest BCUT2D eigenvalue weighted by molar-refractivity contribution is 0.0455. The molecule has 47 heavy (non-hydrogen) atoms. The number of anilines is 2. The number of hydrogen-bond donors (Lipinski definition) is 4. The predicted octanol–water partition coefficient (Wildman–Crippen LogP) is 4.98. The van der Waals surface area contributed by atoms with Crippen molar-refractivity contribution >= 4 is 33.3 Å². The number of hydrogen-bond acceptors (Lipinski definition) is 10. The predicted molar refractivity (Wildman–Crippen MR) is 179 cm³/mol. The van der Waals surface area contributed by atoms with Gasteiger partial charge >= 0.3 is 0 Å². The van der Waals surface area contributed by atoms with E-state index in [9.17, 15) is 18.1 Å². The summed E-state index contributed by atoms with van der Waals surface area (Å²) in [6, 6.07) is 15.5. The van der Waals surface area contributed by atoms with Crippen LogP contribution in [0, 0.1) is 22.6 Å². The van der Waals surface area contributed by atoms with Crippen molar-refractivity contribution in [3.8, 4) is 17.3 Å². The van der Waals surface area contributed by atoms with E-state index in [0.717, 1.165) is 54.9 Å². The average Bonchev–Trinajstić information content (AvgIpc) is 3.09. The molecule has 3 aromatic rings. The van der Waals surface area contributed by atoms with E-state index in [1.165, 1.54) is 12.1 Å². The summed E-state index contributed by atoms with van der Waals surface area (Å²) in [6.45, 7) is 3.20. The first kappa shape index (κ1) is 34.9. The first-order valence-electron chi connectivity index (χ1n) is 15.9. The first-order chi connectivity index (χ1) is 22.7. The molecule has 252 valence electrons. The Hall–Kier alpha value is -3.38. The molecular weight excluding hydrogens is 645 g/mol. The molecule has 1 aliphatic carbocycles. The Labute approximate surface area is 280 Å². The summed E-state index contributed by atoms with van der Waals surface area (Å²) < 4.78 is 51.0. The molecule has 2 aromatic heterocycles. The highest BCUT2D eigenvalue weighted by atomic mass is 35.5. The molecule has 1 saturated carbocycles. The SMILES string of the molecule is N#CC1(CNc2cccc(-c3cc(NC4CCC(NCCOCCNS(=O)(=O)c5ccc(F)cc5)CC4)ncc3Cl)n2)CCOCC1. The standard InChI is InChI=1S/C33H41ClFN7O4S/c34-29-21-38-32(20-28(29)30-2-1-3-31(42-30)39-23-33(22-36)12-16-45-17-13-33)41-26-8-6-25(7-9-26)37-14-18-46-19-15-40-47(43,44)27-10-4-24(35)5-11-27/h1-5,10-11,20-21,25-26,37,40H,6-9,12-19,23H2,(H,38,41)(H,39,42). The molecule has 11 nitrogen and oxygen atoms in total. The van der Waals surface area contributed by atoms with E-state index >= 15 is 0 Å². The molecule has 0 radical (unpaired) electrons. The van der Waals surface area contributed by atoms with Crippen LogP contribution >= 0.6 is 11.6 Å². The maximum absolute atomic E-state index is 13.0. The average molecular weight is 686 g/mol. The molecular formula is C33H41ClFN7O4S. The topological polar surface area (TPSA) is 150 Å². The van der Waals surface area contributed by atoms with Crippen LogP contribution in [0.25, 0.3) is 11.3 Å². The molecule has 3 heterocycles. The summed E-state index contributed by atoms with van der Waals surface area (Å²) in [6.07, 6.45) is 7.00. The molecule has 1 aromatic carbocycles. The van der Waals surface area contributed by atoms with Crippen LogP contribution in [-0.2, 0) is 19.5 Å². The van der Waals surface area contributed by atoms with Crippen molar-refractivity contribution in [3.05, 3.63) is 65.6 Å². The first-order valence-corrected chi connectivity index (χ1v) is 17.8. The summed E-state index contributed by atoms with van der Waals surface area (Å²) in [7, 11) is -3.69. The lowest BCUT2D eigenvalue weighted by atomic mass is 9.82. The van der Waals surface area contributed by atoms with Crippen molar-refractivity contribution in [2.45, 2.75) is 55.5 Å². The summed E-state index contributed by atoms with van der Waals surface area (Å²) in [5.41, 5.74) is 1.05. The summed E-state index contributed by atoms with van der Waals surface area (Å²) in [5.74, 6) is 0.948. The second kappa shape index (κ2) is 16.6. The Morgan fingerprint density at radius 1 is 1.02 bits per heavy atom. The minimum absolute atomic E-state index is 0.0189. The zero-order chi connectivity index (χ0) is 33.1. The molecule has 0 amide bonds. The summed E-state index contributed by atoms with van der Waals surface area (Å²) in [5, 5.41) is 20.7. The lowest BCUT2D eigenvalue weighted by Gasteiger charge is -2.30. The smallest absolute Gasteiger partial charge is 0.240 e. The molecule has 0 unspecified atom stereocenters. The number of sulfonamides is 1. The van der Waals surface area contributed by atoms with Gasteiger partial charge in [0.25, 0.3) is 0 Å². The minimum atomic E-state index is -3.69. The van der Waals surface area contributed by atoms with E-state index in [4.69, 9.17) is 26.1 Å². The van der Waals surface area contributed by atoms with Crippen molar-refractivity contribution in [1.29, 1.82) is 5.26 Å². The fourth-order valence-corrected chi connectivity index (χ4v) is 6.99. The Bertz CT molecular complexity index is 1610. The molecule has 0 bridgehead atoms. The number of ether oxygens (including phenoxy) is 2. The van der Waals surface area contributed by atoms with E-state index in [1.807, 2.05) is 24.3 Å². The molecule has 2 fully saturated rings. The monoisotopic (exact) mass is 685 g/mol. The number of nitrogens with zero attached hydrogens (tertiary/aromatic N) is 3. The fourth-order valence-electron chi connectivity index (χ4n) is 5.78. The van der Waals surface area contributed by atoms with Crippen molar-refractivity contribution in [2.24, 2.45) is 5.41 Å². The summed E-state index contributed by atoms with van der Waals surface area (Å²) in [4.78, 5) is 9.31. The van der Waals surface area contributed by atoms with E-state index in [1.54, 1.807) is 6.20 Å². The second-order valence-electron chi connectivity index (χ2n) is 11.9. The number of nitriles is 1. The fraction of sp³-hybridized carbons (Fsp3) is 0.485. The molecule has 5 rings (SSSR count). The van der Waals surface area contributed by atoms with E-state index < -0.39 is 21.3 Å². The maximum Gasteiger partial charge on any atom is 0.240 e. The number of pyridine rings is 2. The van der Waals surface area contributed by atoms with Gasteiger partial charge in [-0.2, -0.15) is 5.26 Å². The normalized spacial score (nSPS) is 19.5. The van der Waals surface area contributed by atoms with Gasteiger partial charge in [0.05, 0.1) is 40.3 Å². The Morgan fingerprint density at radius 3 is 2.49 bits per heavy atom. The van der Waals surface area contributed by atoms with Gasteiger partial charge in [-0.3, -0.25) is 0 Å². The van der Waals surface area contributed by atoms with Gasteiger partial charge in [-0.25, -0.2) is 27.5 Å². The molecule has 4 N–H and O–H groups in total. The highest BCUT2D eigenvalue weighted by Gasteiger charge is 2.32. The van der Waals surface area contributed by atoms with Crippen LogP contribution in [-0.4, -0.2) is 76.5 Å². The third-order valence-electron chi connectivity index (χ3n) is 8.60. The molecule has 1 aliphatic heterocycles. The number of benzene rings is 1. The highest BCUT2D eigenvalue weighted by molar-refractivity contribution is 7.89. The van der Waals surface area contributed by atoms with Crippen molar-refractivity contribution < 1.29 is 22.3 Å². The molecule has 2 aliphatic rings. The van der Waals surface area contributed by atoms with Gasteiger partial charge in [-0.15, -0.1) is 0 Å². The van der Waals surface area contributed by atoms with Gasteiger partial charge < -0.3 is 25.4 Å². The summed E-state index contributed by atoms with van der Waals surface area (Å²) >= 11 is 6.56. The van der Waals surface area contributed by atoms with Crippen LogP contribution in [0.3, 0.4) is 0 Å². The van der Waals surface area contributed by atoms with Crippen LogP contribution in [0.4, 0.5) is 16.0 Å². The Balaban J connectivity index is 1.02. The zero-order valence-electron chi connectivity index (χ0n) is 26.2. The van der Waals surface area contributed by atoms with Crippen LogP contribution in [0.1, 0.15) is 38.5 Å². The number of nitrogens with one attached hydrogen (secondary N) is 4. The van der Waals surface area contributed by atoms with Crippen molar-refractivity contribution in [1.82, 2.24) is 20.0 Å². The van der Waals surface area contributed by atoms with E-state index in [0.29, 0.717) is 62.6 Å². The number of rotatable bonds is 15. The van der Waals surface area contributed by atoms with Crippen LogP contribution < -0.4 is 20.7 Å².